The van der Waals surface area contributed by atoms with Gasteiger partial charge < -0.3 is 5.32 Å². The van der Waals surface area contributed by atoms with Gasteiger partial charge in [-0.1, -0.05) is 21.6 Å². The Kier molecular flexibility index (Phi) is 9.42. The number of hydrogen-bond donors (Lipinski definition) is 1. The monoisotopic (exact) mass is 175 g/mol. The molecule has 58 valence electrons. The topological polar surface area (TPSA) is 12.0 Å². The van der Waals surface area contributed by atoms with E-state index in [1.54, 1.807) is 10.8 Å². The molecule has 1 nitrogen and oxygen atoms in total. The Morgan fingerprint density at radius 1 is 1.50 bits per heavy atom. The Balaban J connectivity index is 2.72. The maximum absolute atomic E-state index is 5.07. The Hall–Kier alpha value is 0.220. The summed E-state index contributed by atoms with van der Waals surface area (Å²) >= 11 is 0. The van der Waals surface area contributed by atoms with Gasteiger partial charge in [-0.2, -0.15) is 0 Å². The van der Waals surface area contributed by atoms with Crippen LogP contribution in [0.1, 0.15) is 6.42 Å². The molecule has 3 heteroatoms. The van der Waals surface area contributed by atoms with Crippen molar-refractivity contribution in [1.29, 1.82) is 0 Å². The predicted octanol–water partition coefficient (Wildman–Crippen LogP) is 1.61. The summed E-state index contributed by atoms with van der Waals surface area (Å²) in [7, 11) is 3.67. The number of hydrogen-bond acceptors (Lipinski definition) is 3. The fourth-order valence-corrected chi connectivity index (χ4v) is 1.63. The average Bonchev–Trinajstić information content (AvgIpc) is 1.97. The lowest BCUT2D eigenvalue weighted by Crippen LogP contribution is -2.17. The van der Waals surface area contributed by atoms with Gasteiger partial charge in [0.25, 0.3) is 0 Å². The molecule has 0 aromatic rings. The van der Waals surface area contributed by atoms with Gasteiger partial charge in [-0.05, 0) is 6.26 Å². The van der Waals surface area contributed by atoms with E-state index in [9.17, 15) is 0 Å². The van der Waals surface area contributed by atoms with E-state index in [-0.39, 0.29) is 0 Å². The molecule has 10 heavy (non-hydrogen) atoms. The highest BCUT2D eigenvalue weighted by molar-refractivity contribution is 8.76. The molecule has 0 radical (unpaired) electrons. The highest BCUT2D eigenvalue weighted by Gasteiger charge is 1.85. The molecule has 0 saturated carbocycles. The van der Waals surface area contributed by atoms with Gasteiger partial charge >= 0.3 is 0 Å². The van der Waals surface area contributed by atoms with Gasteiger partial charge in [0.2, 0.25) is 0 Å². The SMILES string of the molecule is C#CCCNCCSSC. The van der Waals surface area contributed by atoms with Crippen molar-refractivity contribution in [2.75, 3.05) is 25.1 Å². The molecule has 0 bridgehead atoms. The Morgan fingerprint density at radius 3 is 2.90 bits per heavy atom. The fourth-order valence-electron chi connectivity index (χ4n) is 0.483. The maximum Gasteiger partial charge on any atom is 0.0211 e. The summed E-state index contributed by atoms with van der Waals surface area (Å²) < 4.78 is 0. The summed E-state index contributed by atoms with van der Waals surface area (Å²) in [5, 5.41) is 3.24. The van der Waals surface area contributed by atoms with Crippen molar-refractivity contribution < 1.29 is 0 Å². The lowest BCUT2D eigenvalue weighted by Gasteiger charge is -1.98. The quantitative estimate of drug-likeness (QED) is 0.374. The molecule has 1 N–H and O–H groups in total. The van der Waals surface area contributed by atoms with Crippen molar-refractivity contribution in [3.8, 4) is 12.3 Å². The molecule has 0 amide bonds. The van der Waals surface area contributed by atoms with E-state index in [0.717, 1.165) is 25.3 Å². The third-order valence-electron chi connectivity index (χ3n) is 0.926. The molecule has 0 spiro atoms. The third-order valence-corrected chi connectivity index (χ3v) is 2.74. The van der Waals surface area contributed by atoms with Crippen molar-refractivity contribution in [2.45, 2.75) is 6.42 Å². The summed E-state index contributed by atoms with van der Waals surface area (Å²) in [5.74, 6) is 3.74. The van der Waals surface area contributed by atoms with Crippen LogP contribution in [0.2, 0.25) is 0 Å². The lowest BCUT2D eigenvalue weighted by molar-refractivity contribution is 0.739. The van der Waals surface area contributed by atoms with E-state index in [2.05, 4.69) is 17.5 Å². The van der Waals surface area contributed by atoms with E-state index in [0.29, 0.717) is 0 Å². The zero-order chi connectivity index (χ0) is 7.66. The molecule has 0 atom stereocenters. The van der Waals surface area contributed by atoms with Gasteiger partial charge in [-0.3, -0.25) is 0 Å². The first-order valence-corrected chi connectivity index (χ1v) is 5.94. The second-order valence-electron chi connectivity index (χ2n) is 1.69. The predicted molar refractivity (Wildman–Crippen MR) is 52.3 cm³/mol. The van der Waals surface area contributed by atoms with Gasteiger partial charge in [-0.25, -0.2) is 0 Å². The van der Waals surface area contributed by atoms with E-state index < -0.39 is 0 Å². The van der Waals surface area contributed by atoms with E-state index in [1.807, 2.05) is 10.8 Å². The van der Waals surface area contributed by atoms with Crippen LogP contribution in [0.3, 0.4) is 0 Å². The first kappa shape index (κ1) is 10.2. The summed E-state index contributed by atoms with van der Waals surface area (Å²) in [6, 6.07) is 0. The average molecular weight is 175 g/mol. The van der Waals surface area contributed by atoms with Gasteiger partial charge in [0.1, 0.15) is 0 Å². The molecule has 0 unspecified atom stereocenters. The molecule has 0 saturated heterocycles. The number of terminal acetylenes is 1. The van der Waals surface area contributed by atoms with Crippen LogP contribution in [0.4, 0.5) is 0 Å². The molecule has 0 aliphatic heterocycles. The van der Waals surface area contributed by atoms with Crippen LogP contribution in [0.5, 0.6) is 0 Å². The minimum atomic E-state index is 0.837. The summed E-state index contributed by atoms with van der Waals surface area (Å²) in [5.41, 5.74) is 0. The molecule has 0 rings (SSSR count). The van der Waals surface area contributed by atoms with Crippen LogP contribution < -0.4 is 5.32 Å². The smallest absolute Gasteiger partial charge is 0.0211 e. The van der Waals surface area contributed by atoms with Crippen LogP contribution in [0.15, 0.2) is 0 Å². The molecule has 0 fully saturated rings. The van der Waals surface area contributed by atoms with Crippen LogP contribution >= 0.6 is 21.6 Å². The molecule has 0 aliphatic rings. The normalized spacial score (nSPS) is 9.20. The van der Waals surface area contributed by atoms with Crippen molar-refractivity contribution in [3.63, 3.8) is 0 Å². The summed E-state index contributed by atoms with van der Waals surface area (Å²) in [6.07, 6.45) is 8.00. The second kappa shape index (κ2) is 9.22. The highest BCUT2D eigenvalue weighted by Crippen LogP contribution is 2.14. The molecule has 0 aliphatic carbocycles. The van der Waals surface area contributed by atoms with Gasteiger partial charge in [0.15, 0.2) is 0 Å². The van der Waals surface area contributed by atoms with Crippen molar-refractivity contribution in [1.82, 2.24) is 5.32 Å². The van der Waals surface area contributed by atoms with E-state index in [1.165, 1.54) is 0 Å². The Bertz CT molecular complexity index is 98.3. The minimum absolute atomic E-state index is 0.837. The maximum atomic E-state index is 5.07. The third kappa shape index (κ3) is 8.22. The summed E-state index contributed by atoms with van der Waals surface area (Å²) in [4.78, 5) is 0. The van der Waals surface area contributed by atoms with Crippen molar-refractivity contribution in [2.24, 2.45) is 0 Å². The molecule has 0 heterocycles. The van der Waals surface area contributed by atoms with Crippen LogP contribution in [-0.2, 0) is 0 Å². The molecular weight excluding hydrogens is 162 g/mol. The van der Waals surface area contributed by atoms with Crippen LogP contribution in [-0.4, -0.2) is 25.1 Å². The van der Waals surface area contributed by atoms with Crippen molar-refractivity contribution in [3.05, 3.63) is 0 Å². The van der Waals surface area contributed by atoms with Crippen LogP contribution in [0.25, 0.3) is 0 Å². The largest absolute Gasteiger partial charge is 0.315 e. The minimum Gasteiger partial charge on any atom is -0.315 e. The van der Waals surface area contributed by atoms with Gasteiger partial charge in [0.05, 0.1) is 0 Å². The van der Waals surface area contributed by atoms with Gasteiger partial charge in [-0.15, -0.1) is 12.3 Å². The first-order valence-electron chi connectivity index (χ1n) is 3.21. The number of rotatable bonds is 6. The molecule has 0 aromatic carbocycles. The standard InChI is InChI=1S/C7H13NS2/c1-3-4-5-8-6-7-10-9-2/h1,8H,4-7H2,2H3. The second-order valence-corrected chi connectivity index (χ2v) is 4.38. The number of nitrogens with one attached hydrogen (secondary N) is 1. The summed E-state index contributed by atoms with van der Waals surface area (Å²) in [6.45, 7) is 2.01. The van der Waals surface area contributed by atoms with E-state index in [4.69, 9.17) is 6.42 Å². The fraction of sp³-hybridized carbons (Fsp3) is 0.714. The Labute approximate surface area is 71.1 Å². The first-order chi connectivity index (χ1) is 4.91. The van der Waals surface area contributed by atoms with Crippen molar-refractivity contribution >= 4 is 21.6 Å². The molecule has 0 aromatic heterocycles. The Morgan fingerprint density at radius 2 is 2.30 bits per heavy atom. The zero-order valence-corrected chi connectivity index (χ0v) is 7.86. The lowest BCUT2D eigenvalue weighted by atomic mass is 10.4. The van der Waals surface area contributed by atoms with Gasteiger partial charge in [0, 0.05) is 25.3 Å². The van der Waals surface area contributed by atoms with E-state index >= 15 is 0 Å². The highest BCUT2D eigenvalue weighted by atomic mass is 33.1. The van der Waals surface area contributed by atoms with Crippen LogP contribution in [0, 0.1) is 12.3 Å². The zero-order valence-electron chi connectivity index (χ0n) is 6.22. The molecular formula is C7H13NS2.